The molecule has 0 aliphatic carbocycles. The van der Waals surface area contributed by atoms with Crippen molar-refractivity contribution in [1.29, 1.82) is 0 Å². The van der Waals surface area contributed by atoms with Crippen LogP contribution in [0, 0.1) is 0 Å². The number of aromatic nitrogens is 2. The van der Waals surface area contributed by atoms with Crippen LogP contribution < -0.4 is 19.5 Å². The van der Waals surface area contributed by atoms with Gasteiger partial charge < -0.3 is 19.5 Å². The summed E-state index contributed by atoms with van der Waals surface area (Å²) >= 11 is 5.93. The summed E-state index contributed by atoms with van der Waals surface area (Å²) < 4.78 is 17.6. The van der Waals surface area contributed by atoms with Crippen LogP contribution in [0.25, 0.3) is 0 Å². The number of ether oxygens (including phenoxy) is 3. The Morgan fingerprint density at radius 1 is 1.00 bits per heavy atom. The molecule has 0 unspecified atom stereocenters. The summed E-state index contributed by atoms with van der Waals surface area (Å²) in [5, 5.41) is 7.80. The largest absolute Gasteiger partial charge is 0.496 e. The van der Waals surface area contributed by atoms with Gasteiger partial charge in [-0.15, -0.1) is 0 Å². The Bertz CT molecular complexity index is 970. The van der Waals surface area contributed by atoms with E-state index in [9.17, 15) is 4.79 Å². The number of amides is 1. The second kappa shape index (κ2) is 8.67. The van der Waals surface area contributed by atoms with Gasteiger partial charge in [0.15, 0.2) is 11.5 Å². The van der Waals surface area contributed by atoms with Crippen molar-refractivity contribution in [2.24, 2.45) is 0 Å². The van der Waals surface area contributed by atoms with E-state index in [2.05, 4.69) is 10.4 Å². The van der Waals surface area contributed by atoms with Gasteiger partial charge in [-0.2, -0.15) is 5.10 Å². The molecule has 0 aliphatic heterocycles. The zero-order valence-corrected chi connectivity index (χ0v) is 16.5. The second-order valence-electron chi connectivity index (χ2n) is 5.86. The quantitative estimate of drug-likeness (QED) is 0.650. The normalized spacial score (nSPS) is 10.4. The number of hydrogen-bond acceptors (Lipinski definition) is 5. The van der Waals surface area contributed by atoms with Gasteiger partial charge in [-0.05, 0) is 17.7 Å². The monoisotopic (exact) mass is 401 g/mol. The summed E-state index contributed by atoms with van der Waals surface area (Å²) in [6, 6.07) is 12.4. The fourth-order valence-electron chi connectivity index (χ4n) is 2.72. The average Bonchev–Trinajstić information content (AvgIpc) is 3.14. The van der Waals surface area contributed by atoms with Crippen LogP contribution in [0.4, 0.5) is 5.82 Å². The summed E-state index contributed by atoms with van der Waals surface area (Å²) in [6.07, 6.45) is 1.62. The number of hydrogen-bond donors (Lipinski definition) is 1. The molecule has 8 heteroatoms. The Morgan fingerprint density at radius 2 is 1.64 bits per heavy atom. The zero-order valence-electron chi connectivity index (χ0n) is 15.7. The molecule has 1 N–H and O–H groups in total. The van der Waals surface area contributed by atoms with Crippen LogP contribution in [-0.2, 0) is 6.54 Å². The van der Waals surface area contributed by atoms with Gasteiger partial charge in [0.1, 0.15) is 11.6 Å². The Kier molecular flexibility index (Phi) is 6.06. The van der Waals surface area contributed by atoms with Gasteiger partial charge in [0, 0.05) is 23.2 Å². The van der Waals surface area contributed by atoms with Gasteiger partial charge in [0.25, 0.3) is 5.91 Å². The molecular formula is C20H20ClN3O4. The molecule has 1 amide bonds. The molecule has 28 heavy (non-hydrogen) atoms. The van der Waals surface area contributed by atoms with Crippen LogP contribution in [0.3, 0.4) is 0 Å². The molecule has 2 aromatic carbocycles. The molecule has 0 radical (unpaired) electrons. The molecule has 3 aromatic rings. The van der Waals surface area contributed by atoms with Crippen LogP contribution >= 0.6 is 11.6 Å². The number of halogens is 1. The Morgan fingerprint density at radius 3 is 2.29 bits per heavy atom. The SMILES string of the molecule is COc1cc(OC)c(C(=O)Nc2ccnn2Cc2ccc(Cl)cc2)cc1OC. The standard InChI is InChI=1S/C20H20ClN3O4/c1-26-16-11-18(28-3)17(27-2)10-15(16)20(25)23-19-8-9-22-24(19)12-13-4-6-14(21)7-5-13/h4-11H,12H2,1-3H3,(H,23,25). The smallest absolute Gasteiger partial charge is 0.260 e. The first-order chi connectivity index (χ1) is 13.5. The van der Waals surface area contributed by atoms with Crippen molar-refractivity contribution in [2.75, 3.05) is 26.6 Å². The first kappa shape index (κ1) is 19.6. The molecule has 1 heterocycles. The van der Waals surface area contributed by atoms with Gasteiger partial charge in [0.2, 0.25) is 0 Å². The zero-order chi connectivity index (χ0) is 20.1. The first-order valence-corrected chi connectivity index (χ1v) is 8.81. The minimum absolute atomic E-state index is 0.319. The number of anilines is 1. The van der Waals surface area contributed by atoms with Crippen LogP contribution in [0.1, 0.15) is 15.9 Å². The summed E-state index contributed by atoms with van der Waals surface area (Å²) in [5.41, 5.74) is 1.33. The van der Waals surface area contributed by atoms with E-state index >= 15 is 0 Å². The number of carbonyl (C=O) groups excluding carboxylic acids is 1. The molecule has 7 nitrogen and oxygen atoms in total. The summed E-state index contributed by atoms with van der Waals surface area (Å²) in [6.45, 7) is 0.489. The van der Waals surface area contributed by atoms with Crippen molar-refractivity contribution >= 4 is 23.3 Å². The number of nitrogens with zero attached hydrogens (tertiary/aromatic N) is 2. The van der Waals surface area contributed by atoms with Crippen molar-refractivity contribution in [1.82, 2.24) is 9.78 Å². The van der Waals surface area contributed by atoms with Gasteiger partial charge in [-0.1, -0.05) is 23.7 Å². The molecule has 0 bridgehead atoms. The number of nitrogens with one attached hydrogen (secondary N) is 1. The van der Waals surface area contributed by atoms with Crippen LogP contribution in [0.15, 0.2) is 48.7 Å². The van der Waals surface area contributed by atoms with Gasteiger partial charge in [-0.3, -0.25) is 4.79 Å². The van der Waals surface area contributed by atoms with E-state index in [0.717, 1.165) is 5.56 Å². The van der Waals surface area contributed by atoms with E-state index in [0.29, 0.717) is 40.2 Å². The third kappa shape index (κ3) is 4.20. The molecule has 1 aromatic heterocycles. The second-order valence-corrected chi connectivity index (χ2v) is 6.30. The average molecular weight is 402 g/mol. The summed E-state index contributed by atoms with van der Waals surface area (Å²) in [4.78, 5) is 12.9. The maximum absolute atomic E-state index is 12.9. The van der Waals surface area contributed by atoms with E-state index in [1.54, 1.807) is 29.1 Å². The van der Waals surface area contributed by atoms with Gasteiger partial charge >= 0.3 is 0 Å². The van der Waals surface area contributed by atoms with E-state index in [1.807, 2.05) is 24.3 Å². The topological polar surface area (TPSA) is 74.6 Å². The minimum Gasteiger partial charge on any atom is -0.496 e. The highest BCUT2D eigenvalue weighted by Gasteiger charge is 2.19. The Labute approximate surface area is 167 Å². The molecule has 0 fully saturated rings. The Hall–Kier alpha value is -3.19. The third-order valence-electron chi connectivity index (χ3n) is 4.15. The van der Waals surface area contributed by atoms with E-state index in [1.165, 1.54) is 21.3 Å². The fraction of sp³-hybridized carbons (Fsp3) is 0.200. The molecule has 0 saturated carbocycles. The first-order valence-electron chi connectivity index (χ1n) is 8.43. The molecular weight excluding hydrogens is 382 g/mol. The molecule has 0 spiro atoms. The lowest BCUT2D eigenvalue weighted by Crippen LogP contribution is -2.17. The van der Waals surface area contributed by atoms with Gasteiger partial charge in [0.05, 0.1) is 39.6 Å². The van der Waals surface area contributed by atoms with E-state index in [-0.39, 0.29) is 5.91 Å². The third-order valence-corrected chi connectivity index (χ3v) is 4.41. The van der Waals surface area contributed by atoms with Crippen molar-refractivity contribution in [3.63, 3.8) is 0 Å². The lowest BCUT2D eigenvalue weighted by molar-refractivity contribution is 0.102. The summed E-state index contributed by atoms with van der Waals surface area (Å²) in [7, 11) is 4.52. The van der Waals surface area contributed by atoms with E-state index in [4.69, 9.17) is 25.8 Å². The predicted molar refractivity (Wildman–Crippen MR) is 107 cm³/mol. The number of methoxy groups -OCH3 is 3. The molecule has 0 atom stereocenters. The molecule has 146 valence electrons. The van der Waals surface area contributed by atoms with Crippen molar-refractivity contribution in [3.8, 4) is 17.2 Å². The number of benzene rings is 2. The number of rotatable bonds is 7. The van der Waals surface area contributed by atoms with E-state index < -0.39 is 0 Å². The Balaban J connectivity index is 1.84. The maximum Gasteiger partial charge on any atom is 0.260 e. The van der Waals surface area contributed by atoms with Crippen molar-refractivity contribution < 1.29 is 19.0 Å². The maximum atomic E-state index is 12.9. The highest BCUT2D eigenvalue weighted by Crippen LogP contribution is 2.35. The lowest BCUT2D eigenvalue weighted by atomic mass is 10.1. The van der Waals surface area contributed by atoms with Crippen molar-refractivity contribution in [3.05, 3.63) is 64.8 Å². The molecule has 3 rings (SSSR count). The molecule has 0 aliphatic rings. The van der Waals surface area contributed by atoms with Crippen LogP contribution in [0.2, 0.25) is 5.02 Å². The lowest BCUT2D eigenvalue weighted by Gasteiger charge is -2.14. The number of carbonyl (C=O) groups is 1. The fourth-order valence-corrected chi connectivity index (χ4v) is 2.84. The predicted octanol–water partition coefficient (Wildman–Crippen LogP) is 3.86. The highest BCUT2D eigenvalue weighted by atomic mass is 35.5. The van der Waals surface area contributed by atoms with Crippen LogP contribution in [-0.4, -0.2) is 37.0 Å². The van der Waals surface area contributed by atoms with Gasteiger partial charge in [-0.25, -0.2) is 4.68 Å². The molecule has 0 saturated heterocycles. The van der Waals surface area contributed by atoms with Crippen LogP contribution in [0.5, 0.6) is 17.2 Å². The van der Waals surface area contributed by atoms with Crippen molar-refractivity contribution in [2.45, 2.75) is 6.54 Å². The summed E-state index contributed by atoms with van der Waals surface area (Å²) in [5.74, 6) is 1.48. The highest BCUT2D eigenvalue weighted by molar-refractivity contribution is 6.30. The minimum atomic E-state index is -0.351.